The fourth-order valence-electron chi connectivity index (χ4n) is 2.18. The Kier molecular flexibility index (Phi) is 3.31. The SMILES string of the molecule is O=C(O)N1CCOc2c(-c3cccc(F)c3)csc2C1. The van der Waals surface area contributed by atoms with Crippen molar-refractivity contribution in [3.63, 3.8) is 0 Å². The standard InChI is InChI=1S/C14H12FNO3S/c15-10-3-1-2-9(6-10)11-8-20-12-7-16(14(17)18)4-5-19-13(11)12/h1-3,6,8H,4-5,7H2,(H,17,18). The molecule has 0 bridgehead atoms. The highest BCUT2D eigenvalue weighted by atomic mass is 32.1. The van der Waals surface area contributed by atoms with E-state index >= 15 is 0 Å². The summed E-state index contributed by atoms with van der Waals surface area (Å²) in [4.78, 5) is 13.2. The minimum atomic E-state index is -0.956. The van der Waals surface area contributed by atoms with Gasteiger partial charge in [0.05, 0.1) is 18.0 Å². The van der Waals surface area contributed by atoms with Crippen LogP contribution in [0.15, 0.2) is 29.6 Å². The topological polar surface area (TPSA) is 49.8 Å². The van der Waals surface area contributed by atoms with Gasteiger partial charge in [0.15, 0.2) is 0 Å². The maximum absolute atomic E-state index is 13.3. The number of ether oxygens (including phenoxy) is 1. The van der Waals surface area contributed by atoms with Gasteiger partial charge in [-0.1, -0.05) is 12.1 Å². The van der Waals surface area contributed by atoms with Crippen LogP contribution in [0.25, 0.3) is 11.1 Å². The lowest BCUT2D eigenvalue weighted by atomic mass is 10.1. The first-order chi connectivity index (χ1) is 9.65. The van der Waals surface area contributed by atoms with Gasteiger partial charge in [-0.25, -0.2) is 9.18 Å². The van der Waals surface area contributed by atoms with Gasteiger partial charge in [-0.15, -0.1) is 11.3 Å². The second kappa shape index (κ2) is 5.13. The summed E-state index contributed by atoms with van der Waals surface area (Å²) in [6.07, 6.45) is -0.956. The average molecular weight is 293 g/mol. The Labute approximate surface area is 119 Å². The van der Waals surface area contributed by atoms with E-state index in [-0.39, 0.29) is 5.82 Å². The Bertz CT molecular complexity index is 656. The molecule has 1 aliphatic heterocycles. The number of nitrogens with zero attached hydrogens (tertiary/aromatic N) is 1. The molecule has 0 atom stereocenters. The number of fused-ring (bicyclic) bond motifs is 1. The van der Waals surface area contributed by atoms with Gasteiger partial charge in [-0.05, 0) is 17.7 Å². The highest BCUT2D eigenvalue weighted by Crippen LogP contribution is 2.40. The van der Waals surface area contributed by atoms with Gasteiger partial charge in [0, 0.05) is 10.9 Å². The molecule has 0 fully saturated rings. The molecular weight excluding hydrogens is 281 g/mol. The molecule has 104 valence electrons. The van der Waals surface area contributed by atoms with Gasteiger partial charge in [0.2, 0.25) is 0 Å². The summed E-state index contributed by atoms with van der Waals surface area (Å²) in [5.74, 6) is 0.368. The van der Waals surface area contributed by atoms with E-state index in [9.17, 15) is 9.18 Å². The van der Waals surface area contributed by atoms with Crippen molar-refractivity contribution < 1.29 is 19.0 Å². The third kappa shape index (κ3) is 2.34. The van der Waals surface area contributed by atoms with Crippen LogP contribution in [0, 0.1) is 5.82 Å². The molecule has 1 N–H and O–H groups in total. The van der Waals surface area contributed by atoms with Crippen molar-refractivity contribution in [3.05, 3.63) is 40.3 Å². The minimum absolute atomic E-state index is 0.303. The molecule has 3 rings (SSSR count). The predicted molar refractivity (Wildman–Crippen MR) is 73.6 cm³/mol. The second-order valence-corrected chi connectivity index (χ2v) is 5.43. The monoisotopic (exact) mass is 293 g/mol. The zero-order chi connectivity index (χ0) is 14.1. The smallest absolute Gasteiger partial charge is 0.407 e. The summed E-state index contributed by atoms with van der Waals surface area (Å²) in [7, 11) is 0. The molecule has 1 aromatic carbocycles. The maximum atomic E-state index is 13.3. The Hall–Kier alpha value is -2.08. The molecule has 1 aliphatic rings. The molecule has 1 aromatic heterocycles. The van der Waals surface area contributed by atoms with Crippen LogP contribution in [-0.4, -0.2) is 29.3 Å². The van der Waals surface area contributed by atoms with Crippen molar-refractivity contribution in [1.82, 2.24) is 4.90 Å². The molecule has 0 radical (unpaired) electrons. The molecule has 0 saturated carbocycles. The van der Waals surface area contributed by atoms with Crippen molar-refractivity contribution in [2.45, 2.75) is 6.54 Å². The first-order valence-corrected chi connectivity index (χ1v) is 7.00. The van der Waals surface area contributed by atoms with Crippen LogP contribution in [0.5, 0.6) is 5.75 Å². The molecule has 0 spiro atoms. The molecular formula is C14H12FNO3S. The van der Waals surface area contributed by atoms with E-state index in [1.54, 1.807) is 6.07 Å². The maximum Gasteiger partial charge on any atom is 0.407 e. The zero-order valence-corrected chi connectivity index (χ0v) is 11.3. The number of benzene rings is 1. The second-order valence-electron chi connectivity index (χ2n) is 4.46. The molecule has 1 amide bonds. The summed E-state index contributed by atoms with van der Waals surface area (Å²) in [5.41, 5.74) is 1.56. The average Bonchev–Trinajstić information content (AvgIpc) is 2.68. The summed E-state index contributed by atoms with van der Waals surface area (Å²) < 4.78 is 19.0. The summed E-state index contributed by atoms with van der Waals surface area (Å²) in [6.45, 7) is 0.947. The van der Waals surface area contributed by atoms with E-state index in [1.807, 2.05) is 11.4 Å². The number of hydrogen-bond donors (Lipinski definition) is 1. The van der Waals surface area contributed by atoms with Crippen molar-refractivity contribution >= 4 is 17.4 Å². The minimum Gasteiger partial charge on any atom is -0.490 e. The Morgan fingerprint density at radius 2 is 2.30 bits per heavy atom. The van der Waals surface area contributed by atoms with Crippen LogP contribution in [-0.2, 0) is 6.54 Å². The fourth-order valence-corrected chi connectivity index (χ4v) is 3.19. The third-order valence-electron chi connectivity index (χ3n) is 3.17. The Balaban J connectivity index is 1.99. The van der Waals surface area contributed by atoms with E-state index in [0.29, 0.717) is 25.4 Å². The Morgan fingerprint density at radius 3 is 3.05 bits per heavy atom. The largest absolute Gasteiger partial charge is 0.490 e. The van der Waals surface area contributed by atoms with Crippen LogP contribution < -0.4 is 4.74 Å². The molecule has 20 heavy (non-hydrogen) atoms. The molecule has 0 unspecified atom stereocenters. The molecule has 0 aliphatic carbocycles. The number of hydrogen-bond acceptors (Lipinski definition) is 3. The fraction of sp³-hybridized carbons (Fsp3) is 0.214. The van der Waals surface area contributed by atoms with Crippen LogP contribution in [0.4, 0.5) is 9.18 Å². The number of rotatable bonds is 1. The van der Waals surface area contributed by atoms with E-state index in [0.717, 1.165) is 16.0 Å². The van der Waals surface area contributed by atoms with Crippen molar-refractivity contribution in [2.24, 2.45) is 0 Å². The van der Waals surface area contributed by atoms with E-state index < -0.39 is 6.09 Å². The van der Waals surface area contributed by atoms with Crippen LogP contribution in [0.3, 0.4) is 0 Å². The molecule has 2 aromatic rings. The molecule has 2 heterocycles. The number of amides is 1. The van der Waals surface area contributed by atoms with Crippen molar-refractivity contribution in [1.29, 1.82) is 0 Å². The zero-order valence-electron chi connectivity index (χ0n) is 10.5. The summed E-state index contributed by atoms with van der Waals surface area (Å²) in [5, 5.41) is 11.0. The highest BCUT2D eigenvalue weighted by Gasteiger charge is 2.23. The summed E-state index contributed by atoms with van der Waals surface area (Å²) in [6, 6.07) is 6.30. The number of thiophene rings is 1. The first kappa shape index (κ1) is 12.9. The van der Waals surface area contributed by atoms with Gasteiger partial charge in [-0.3, -0.25) is 4.90 Å². The van der Waals surface area contributed by atoms with Crippen LogP contribution in [0.2, 0.25) is 0 Å². The Morgan fingerprint density at radius 1 is 1.45 bits per heavy atom. The quantitative estimate of drug-likeness (QED) is 0.876. The van der Waals surface area contributed by atoms with Crippen molar-refractivity contribution in [3.8, 4) is 16.9 Å². The lowest BCUT2D eigenvalue weighted by Gasteiger charge is -2.13. The molecule has 0 saturated heterocycles. The van der Waals surface area contributed by atoms with Crippen molar-refractivity contribution in [2.75, 3.05) is 13.2 Å². The highest BCUT2D eigenvalue weighted by molar-refractivity contribution is 7.10. The van der Waals surface area contributed by atoms with E-state index in [1.165, 1.54) is 28.4 Å². The van der Waals surface area contributed by atoms with Gasteiger partial charge in [0.1, 0.15) is 18.2 Å². The lowest BCUT2D eigenvalue weighted by molar-refractivity contribution is 0.138. The number of carboxylic acid groups (broad SMARTS) is 1. The van der Waals surface area contributed by atoms with Gasteiger partial charge in [0.25, 0.3) is 0 Å². The van der Waals surface area contributed by atoms with E-state index in [4.69, 9.17) is 9.84 Å². The van der Waals surface area contributed by atoms with Gasteiger partial charge in [-0.2, -0.15) is 0 Å². The summed E-state index contributed by atoms with van der Waals surface area (Å²) >= 11 is 1.43. The number of carbonyl (C=O) groups is 1. The van der Waals surface area contributed by atoms with Gasteiger partial charge < -0.3 is 9.84 Å². The molecule has 6 heteroatoms. The van der Waals surface area contributed by atoms with Crippen LogP contribution >= 0.6 is 11.3 Å². The van der Waals surface area contributed by atoms with E-state index in [2.05, 4.69) is 0 Å². The lowest BCUT2D eigenvalue weighted by Crippen LogP contribution is -2.30. The molecule has 4 nitrogen and oxygen atoms in total. The normalized spacial score (nSPS) is 14.3. The van der Waals surface area contributed by atoms with Gasteiger partial charge >= 0.3 is 6.09 Å². The first-order valence-electron chi connectivity index (χ1n) is 6.12. The van der Waals surface area contributed by atoms with Crippen LogP contribution in [0.1, 0.15) is 4.88 Å². The number of halogens is 1. The third-order valence-corrected chi connectivity index (χ3v) is 4.12. The predicted octanol–water partition coefficient (Wildman–Crippen LogP) is 3.43.